The van der Waals surface area contributed by atoms with E-state index in [0.717, 1.165) is 0 Å². The molecule has 0 saturated heterocycles. The van der Waals surface area contributed by atoms with Crippen molar-refractivity contribution in [3.8, 4) is 5.75 Å². The average Bonchev–Trinajstić information content (AvgIpc) is 2.20. The molecule has 0 amide bonds. The van der Waals surface area contributed by atoms with Crippen LogP contribution in [0.4, 0.5) is 4.39 Å². The van der Waals surface area contributed by atoms with Crippen molar-refractivity contribution in [1.29, 1.82) is 0 Å². The van der Waals surface area contributed by atoms with Gasteiger partial charge in [-0.15, -0.1) is 0 Å². The number of halogens is 1. The summed E-state index contributed by atoms with van der Waals surface area (Å²) in [6, 6.07) is 4.34. The maximum absolute atomic E-state index is 13.3. The van der Waals surface area contributed by atoms with E-state index >= 15 is 0 Å². The molecule has 0 heterocycles. The van der Waals surface area contributed by atoms with Gasteiger partial charge in [-0.1, -0.05) is 6.07 Å². The summed E-state index contributed by atoms with van der Waals surface area (Å²) in [5.74, 6) is -0.348. The summed E-state index contributed by atoms with van der Waals surface area (Å²) >= 11 is 0. The molecule has 1 aromatic rings. The molecule has 0 bridgehead atoms. The van der Waals surface area contributed by atoms with Crippen molar-refractivity contribution < 1.29 is 19.3 Å². The molecule has 4 heteroatoms. The van der Waals surface area contributed by atoms with Gasteiger partial charge in [0.25, 0.3) is 0 Å². The van der Waals surface area contributed by atoms with Crippen LogP contribution in [0.2, 0.25) is 0 Å². The quantitative estimate of drug-likeness (QED) is 0.732. The second-order valence-corrected chi connectivity index (χ2v) is 3.29. The Balaban J connectivity index is 2.66. The van der Waals surface area contributed by atoms with Gasteiger partial charge in [-0.05, 0) is 24.6 Å². The Hall–Kier alpha value is -1.13. The molecular weight excluding hydrogens is 199 g/mol. The molecule has 0 saturated carbocycles. The van der Waals surface area contributed by atoms with Crippen molar-refractivity contribution in [2.75, 3.05) is 13.2 Å². The van der Waals surface area contributed by atoms with E-state index in [1.807, 2.05) is 0 Å². The van der Waals surface area contributed by atoms with Gasteiger partial charge < -0.3 is 14.9 Å². The lowest BCUT2D eigenvalue weighted by Crippen LogP contribution is -2.02. The highest BCUT2D eigenvalue weighted by Crippen LogP contribution is 2.21. The van der Waals surface area contributed by atoms with Crippen LogP contribution < -0.4 is 4.74 Å². The number of aliphatic hydroxyl groups excluding tert-OH is 2. The van der Waals surface area contributed by atoms with Crippen molar-refractivity contribution in [1.82, 2.24) is 0 Å². The van der Waals surface area contributed by atoms with E-state index in [4.69, 9.17) is 9.84 Å². The third kappa shape index (κ3) is 3.49. The topological polar surface area (TPSA) is 49.7 Å². The van der Waals surface area contributed by atoms with Crippen molar-refractivity contribution in [3.05, 3.63) is 29.6 Å². The third-order valence-corrected chi connectivity index (χ3v) is 2.00. The standard InChI is InChI=1S/C11H15FO3/c1-8(14)9-3-4-11(10(12)7-9)15-6-2-5-13/h3-4,7-8,13-14H,2,5-6H2,1H3/t8-/m1/s1. The van der Waals surface area contributed by atoms with Gasteiger partial charge in [-0.25, -0.2) is 4.39 Å². The van der Waals surface area contributed by atoms with Gasteiger partial charge in [0.1, 0.15) is 0 Å². The van der Waals surface area contributed by atoms with Crippen molar-refractivity contribution in [2.24, 2.45) is 0 Å². The third-order valence-electron chi connectivity index (χ3n) is 2.00. The molecule has 0 fully saturated rings. The summed E-state index contributed by atoms with van der Waals surface area (Å²) in [7, 11) is 0. The minimum atomic E-state index is -0.689. The highest BCUT2D eigenvalue weighted by Gasteiger charge is 2.07. The minimum absolute atomic E-state index is 0.0212. The predicted molar refractivity (Wildman–Crippen MR) is 54.2 cm³/mol. The molecule has 0 aliphatic rings. The summed E-state index contributed by atoms with van der Waals surface area (Å²) in [6.07, 6.45) is -0.219. The largest absolute Gasteiger partial charge is 0.490 e. The van der Waals surface area contributed by atoms with E-state index in [0.29, 0.717) is 12.0 Å². The molecular formula is C11H15FO3. The fraction of sp³-hybridized carbons (Fsp3) is 0.455. The molecule has 0 aliphatic heterocycles. The first kappa shape index (κ1) is 11.9. The van der Waals surface area contributed by atoms with Gasteiger partial charge >= 0.3 is 0 Å². The first-order valence-electron chi connectivity index (χ1n) is 4.86. The molecule has 1 atom stereocenters. The van der Waals surface area contributed by atoms with Crippen LogP contribution >= 0.6 is 0 Å². The monoisotopic (exact) mass is 214 g/mol. The van der Waals surface area contributed by atoms with Gasteiger partial charge in [0, 0.05) is 13.0 Å². The van der Waals surface area contributed by atoms with Crippen LogP contribution in [-0.4, -0.2) is 23.4 Å². The summed E-state index contributed by atoms with van der Waals surface area (Å²) in [5, 5.41) is 17.7. The van der Waals surface area contributed by atoms with E-state index in [-0.39, 0.29) is 19.0 Å². The molecule has 0 aromatic heterocycles. The van der Waals surface area contributed by atoms with Crippen LogP contribution in [0.3, 0.4) is 0 Å². The summed E-state index contributed by atoms with van der Waals surface area (Å²) in [5.41, 5.74) is 0.516. The molecule has 0 radical (unpaired) electrons. The predicted octanol–water partition coefficient (Wildman–Crippen LogP) is 1.64. The Bertz CT molecular complexity index is 313. The molecule has 0 unspecified atom stereocenters. The van der Waals surface area contributed by atoms with E-state index in [1.54, 1.807) is 13.0 Å². The zero-order valence-electron chi connectivity index (χ0n) is 8.61. The van der Waals surface area contributed by atoms with E-state index in [9.17, 15) is 9.50 Å². The number of benzene rings is 1. The Labute approximate surface area is 88.1 Å². The Morgan fingerprint density at radius 3 is 2.73 bits per heavy atom. The number of aliphatic hydroxyl groups is 2. The van der Waals surface area contributed by atoms with Gasteiger partial charge in [-0.3, -0.25) is 0 Å². The normalized spacial score (nSPS) is 12.5. The summed E-state index contributed by atoms with van der Waals surface area (Å²) in [6.45, 7) is 1.87. The smallest absolute Gasteiger partial charge is 0.165 e. The number of ether oxygens (including phenoxy) is 1. The molecule has 3 nitrogen and oxygen atoms in total. The van der Waals surface area contributed by atoms with Crippen LogP contribution in [0, 0.1) is 5.82 Å². The Morgan fingerprint density at radius 1 is 1.47 bits per heavy atom. The van der Waals surface area contributed by atoms with Crippen molar-refractivity contribution in [3.63, 3.8) is 0 Å². The fourth-order valence-corrected chi connectivity index (χ4v) is 1.14. The maximum Gasteiger partial charge on any atom is 0.165 e. The van der Waals surface area contributed by atoms with Crippen LogP contribution in [-0.2, 0) is 0 Å². The summed E-state index contributed by atoms with van der Waals surface area (Å²) in [4.78, 5) is 0. The zero-order valence-corrected chi connectivity index (χ0v) is 8.61. The van der Waals surface area contributed by atoms with Crippen LogP contribution in [0.25, 0.3) is 0 Å². The van der Waals surface area contributed by atoms with Gasteiger partial charge in [-0.2, -0.15) is 0 Å². The molecule has 0 aliphatic carbocycles. The van der Waals surface area contributed by atoms with E-state index in [1.165, 1.54) is 12.1 Å². The van der Waals surface area contributed by atoms with Crippen molar-refractivity contribution in [2.45, 2.75) is 19.4 Å². The first-order valence-corrected chi connectivity index (χ1v) is 4.86. The maximum atomic E-state index is 13.3. The second kappa shape index (κ2) is 5.68. The minimum Gasteiger partial charge on any atom is -0.490 e. The lowest BCUT2D eigenvalue weighted by atomic mass is 10.1. The first-order chi connectivity index (χ1) is 7.15. The number of hydrogen-bond acceptors (Lipinski definition) is 3. The lowest BCUT2D eigenvalue weighted by Gasteiger charge is -2.09. The zero-order chi connectivity index (χ0) is 11.3. The van der Waals surface area contributed by atoms with E-state index in [2.05, 4.69) is 0 Å². The van der Waals surface area contributed by atoms with Gasteiger partial charge in [0.05, 0.1) is 12.7 Å². The Morgan fingerprint density at radius 2 is 2.20 bits per heavy atom. The fourth-order valence-electron chi connectivity index (χ4n) is 1.14. The van der Waals surface area contributed by atoms with E-state index < -0.39 is 11.9 Å². The highest BCUT2D eigenvalue weighted by molar-refractivity contribution is 5.30. The number of hydrogen-bond donors (Lipinski definition) is 2. The molecule has 0 spiro atoms. The van der Waals surface area contributed by atoms with Crippen molar-refractivity contribution >= 4 is 0 Å². The molecule has 1 aromatic carbocycles. The lowest BCUT2D eigenvalue weighted by molar-refractivity contribution is 0.198. The molecule has 1 rings (SSSR count). The van der Waals surface area contributed by atoms with Gasteiger partial charge in [0.15, 0.2) is 11.6 Å². The molecule has 15 heavy (non-hydrogen) atoms. The number of rotatable bonds is 5. The van der Waals surface area contributed by atoms with Gasteiger partial charge in [0.2, 0.25) is 0 Å². The second-order valence-electron chi connectivity index (χ2n) is 3.29. The average molecular weight is 214 g/mol. The van der Waals surface area contributed by atoms with Crippen LogP contribution in [0.15, 0.2) is 18.2 Å². The highest BCUT2D eigenvalue weighted by atomic mass is 19.1. The van der Waals surface area contributed by atoms with Crippen LogP contribution in [0.5, 0.6) is 5.75 Å². The molecule has 84 valence electrons. The Kier molecular flexibility index (Phi) is 4.52. The SMILES string of the molecule is C[C@@H](O)c1ccc(OCCCO)c(F)c1. The molecule has 2 N–H and O–H groups in total. The summed E-state index contributed by atoms with van der Waals surface area (Å²) < 4.78 is 18.4. The van der Waals surface area contributed by atoms with Crippen LogP contribution in [0.1, 0.15) is 25.0 Å².